The van der Waals surface area contributed by atoms with Crippen molar-refractivity contribution in [1.82, 2.24) is 15.3 Å². The fraction of sp³-hybridized carbons (Fsp3) is 0.593. The van der Waals surface area contributed by atoms with E-state index in [0.717, 1.165) is 56.6 Å². The van der Waals surface area contributed by atoms with Crippen molar-refractivity contribution >= 4 is 5.69 Å². The Bertz CT molecular complexity index is 997. The molecule has 1 aliphatic carbocycles. The van der Waals surface area contributed by atoms with Crippen molar-refractivity contribution in [3.8, 4) is 17.2 Å². The number of anilines is 1. The zero-order valence-electron chi connectivity index (χ0n) is 20.6. The van der Waals surface area contributed by atoms with Gasteiger partial charge in [0.15, 0.2) is 0 Å². The molecule has 7 nitrogen and oxygen atoms in total. The Morgan fingerprint density at radius 1 is 1.17 bits per heavy atom. The van der Waals surface area contributed by atoms with Crippen LogP contribution in [0.15, 0.2) is 30.7 Å². The summed E-state index contributed by atoms with van der Waals surface area (Å²) < 4.78 is 25.3. The zero-order chi connectivity index (χ0) is 24.5. The van der Waals surface area contributed by atoms with Gasteiger partial charge in [0.25, 0.3) is 0 Å². The first-order chi connectivity index (χ1) is 17.1. The molecule has 3 heterocycles. The van der Waals surface area contributed by atoms with Crippen molar-refractivity contribution in [2.75, 3.05) is 45.3 Å². The largest absolute Gasteiger partial charge is 0.383 e. The first-order valence-corrected chi connectivity index (χ1v) is 12.7. The standard InChI is InChI=1S/C27H36FN5O2/c1-34-11-8-31-22-4-2-20(3-5-22)12-23-14-25(26(28)17-32-23)21-13-24(16-30-15-21)33-19-27(18-29)6-9-35-10-7-27/h13-17,20,22,31,33H,2-12,19H2,1H3. The molecule has 0 radical (unpaired) electrons. The number of nitrogens with zero attached hydrogens (tertiary/aromatic N) is 3. The van der Waals surface area contributed by atoms with Crippen molar-refractivity contribution in [2.24, 2.45) is 11.3 Å². The van der Waals surface area contributed by atoms with E-state index in [4.69, 9.17) is 9.47 Å². The van der Waals surface area contributed by atoms with E-state index >= 15 is 0 Å². The summed E-state index contributed by atoms with van der Waals surface area (Å²) in [6, 6.07) is 6.79. The summed E-state index contributed by atoms with van der Waals surface area (Å²) in [6.45, 7) is 3.35. The van der Waals surface area contributed by atoms with E-state index in [1.807, 2.05) is 12.1 Å². The van der Waals surface area contributed by atoms with Crippen LogP contribution < -0.4 is 10.6 Å². The maximum absolute atomic E-state index is 14.8. The minimum absolute atomic E-state index is 0.350. The molecule has 4 rings (SSSR count). The molecule has 1 saturated heterocycles. The molecule has 188 valence electrons. The minimum atomic E-state index is -0.443. The Balaban J connectivity index is 1.38. The second-order valence-corrected chi connectivity index (χ2v) is 9.84. The number of aromatic nitrogens is 2. The van der Waals surface area contributed by atoms with E-state index in [1.165, 1.54) is 6.20 Å². The minimum Gasteiger partial charge on any atom is -0.383 e. The molecule has 0 spiro atoms. The lowest BCUT2D eigenvalue weighted by Gasteiger charge is -2.31. The molecule has 2 aromatic rings. The third-order valence-electron chi connectivity index (χ3n) is 7.36. The number of rotatable bonds is 10. The molecule has 8 heteroatoms. The monoisotopic (exact) mass is 481 g/mol. The first kappa shape index (κ1) is 25.5. The summed E-state index contributed by atoms with van der Waals surface area (Å²) in [6.07, 6.45) is 11.6. The molecule has 0 bridgehead atoms. The highest BCUT2D eigenvalue weighted by molar-refractivity contribution is 5.67. The molecule has 0 aromatic carbocycles. The number of methoxy groups -OCH3 is 1. The fourth-order valence-corrected chi connectivity index (χ4v) is 5.09. The van der Waals surface area contributed by atoms with Crippen LogP contribution in [0.1, 0.15) is 44.2 Å². The van der Waals surface area contributed by atoms with Crippen LogP contribution in [0.2, 0.25) is 0 Å². The Labute approximate surface area is 207 Å². The summed E-state index contributed by atoms with van der Waals surface area (Å²) in [5.74, 6) is 0.214. The van der Waals surface area contributed by atoms with Crippen LogP contribution in [-0.4, -0.2) is 56.0 Å². The van der Waals surface area contributed by atoms with Crippen molar-refractivity contribution in [1.29, 1.82) is 5.26 Å². The molecule has 0 unspecified atom stereocenters. The Morgan fingerprint density at radius 3 is 2.71 bits per heavy atom. The lowest BCUT2D eigenvalue weighted by molar-refractivity contribution is 0.0456. The molecular formula is C27H36FN5O2. The van der Waals surface area contributed by atoms with Gasteiger partial charge >= 0.3 is 0 Å². The van der Waals surface area contributed by atoms with Crippen molar-refractivity contribution in [3.05, 3.63) is 42.2 Å². The maximum Gasteiger partial charge on any atom is 0.149 e. The first-order valence-electron chi connectivity index (χ1n) is 12.7. The molecule has 1 aliphatic heterocycles. The molecule has 1 saturated carbocycles. The van der Waals surface area contributed by atoms with Gasteiger partial charge in [-0.15, -0.1) is 0 Å². The number of halogens is 1. The average molecular weight is 482 g/mol. The summed E-state index contributed by atoms with van der Waals surface area (Å²) in [7, 11) is 1.72. The summed E-state index contributed by atoms with van der Waals surface area (Å²) in [5.41, 5.74) is 2.48. The Kier molecular flexibility index (Phi) is 9.02. The van der Waals surface area contributed by atoms with E-state index < -0.39 is 5.41 Å². The average Bonchev–Trinajstić information content (AvgIpc) is 2.90. The number of nitriles is 1. The lowest BCUT2D eigenvalue weighted by Crippen LogP contribution is -2.35. The van der Waals surface area contributed by atoms with Gasteiger partial charge in [0.2, 0.25) is 0 Å². The molecule has 0 atom stereocenters. The molecule has 2 N–H and O–H groups in total. The molecule has 2 aliphatic rings. The second-order valence-electron chi connectivity index (χ2n) is 9.84. The van der Waals surface area contributed by atoms with Crippen LogP contribution in [-0.2, 0) is 15.9 Å². The number of nitrogens with one attached hydrogen (secondary N) is 2. The van der Waals surface area contributed by atoms with Gasteiger partial charge in [0.05, 0.1) is 30.0 Å². The molecular weight excluding hydrogens is 445 g/mol. The van der Waals surface area contributed by atoms with Crippen molar-refractivity contribution in [2.45, 2.75) is 51.0 Å². The number of pyridine rings is 2. The lowest BCUT2D eigenvalue weighted by atomic mass is 9.81. The number of hydrogen-bond donors (Lipinski definition) is 2. The van der Waals surface area contributed by atoms with Crippen LogP contribution in [0.4, 0.5) is 10.1 Å². The quantitative estimate of drug-likeness (QED) is 0.487. The van der Waals surface area contributed by atoms with Gasteiger partial charge in [-0.2, -0.15) is 5.26 Å². The van der Waals surface area contributed by atoms with E-state index in [-0.39, 0.29) is 5.82 Å². The molecule has 35 heavy (non-hydrogen) atoms. The fourth-order valence-electron chi connectivity index (χ4n) is 5.09. The summed E-state index contributed by atoms with van der Waals surface area (Å²) in [5, 5.41) is 16.6. The van der Waals surface area contributed by atoms with E-state index in [1.54, 1.807) is 19.5 Å². The van der Waals surface area contributed by atoms with Crippen LogP contribution in [0, 0.1) is 28.5 Å². The summed E-state index contributed by atoms with van der Waals surface area (Å²) in [4.78, 5) is 8.71. The van der Waals surface area contributed by atoms with Crippen molar-refractivity contribution < 1.29 is 13.9 Å². The van der Waals surface area contributed by atoms with Crippen LogP contribution >= 0.6 is 0 Å². The molecule has 0 amide bonds. The molecule has 2 aromatic heterocycles. The van der Waals surface area contributed by atoms with Gasteiger partial charge in [0.1, 0.15) is 5.82 Å². The topological polar surface area (TPSA) is 92.1 Å². The van der Waals surface area contributed by atoms with Crippen LogP contribution in [0.5, 0.6) is 0 Å². The predicted molar refractivity (Wildman–Crippen MR) is 133 cm³/mol. The van der Waals surface area contributed by atoms with Crippen LogP contribution in [0.3, 0.4) is 0 Å². The van der Waals surface area contributed by atoms with Gasteiger partial charge in [-0.1, -0.05) is 0 Å². The van der Waals surface area contributed by atoms with Gasteiger partial charge < -0.3 is 20.1 Å². The van der Waals surface area contributed by atoms with E-state index in [9.17, 15) is 9.65 Å². The number of ether oxygens (including phenoxy) is 2. The smallest absolute Gasteiger partial charge is 0.149 e. The Morgan fingerprint density at radius 2 is 1.97 bits per heavy atom. The summed E-state index contributed by atoms with van der Waals surface area (Å²) >= 11 is 0. The van der Waals surface area contributed by atoms with Gasteiger partial charge in [0, 0.05) is 68.7 Å². The SMILES string of the molecule is COCCNC1CCC(Cc2cc(-c3cncc(NCC4(C#N)CCOCC4)c3)c(F)cn2)CC1. The Hall–Kier alpha value is -2.60. The highest BCUT2D eigenvalue weighted by atomic mass is 19.1. The van der Waals surface area contributed by atoms with E-state index in [2.05, 4.69) is 26.7 Å². The second kappa shape index (κ2) is 12.4. The van der Waals surface area contributed by atoms with Crippen LogP contribution in [0.25, 0.3) is 11.1 Å². The predicted octanol–water partition coefficient (Wildman–Crippen LogP) is 4.35. The molecule has 2 fully saturated rings. The van der Waals surface area contributed by atoms with Gasteiger partial charge in [-0.25, -0.2) is 4.39 Å². The van der Waals surface area contributed by atoms with Crippen molar-refractivity contribution in [3.63, 3.8) is 0 Å². The highest BCUT2D eigenvalue weighted by Crippen LogP contribution is 2.32. The third kappa shape index (κ3) is 6.97. The van der Waals surface area contributed by atoms with E-state index in [0.29, 0.717) is 55.7 Å². The maximum atomic E-state index is 14.8. The number of hydrogen-bond acceptors (Lipinski definition) is 7. The third-order valence-corrected chi connectivity index (χ3v) is 7.36. The van der Waals surface area contributed by atoms with Gasteiger partial charge in [-0.3, -0.25) is 9.97 Å². The normalized spacial score (nSPS) is 21.9. The highest BCUT2D eigenvalue weighted by Gasteiger charge is 2.32. The van der Waals surface area contributed by atoms with Gasteiger partial charge in [-0.05, 0) is 63.0 Å². The zero-order valence-corrected chi connectivity index (χ0v) is 20.6.